The smallest absolute Gasteiger partial charge is 0.279 e. The van der Waals surface area contributed by atoms with Gasteiger partial charge in [0, 0.05) is 25.7 Å². The zero-order chi connectivity index (χ0) is 24.2. The maximum atomic E-state index is 13.1. The number of thiazole rings is 1. The number of aromatic nitrogens is 1. The molecule has 0 spiro atoms. The predicted molar refractivity (Wildman–Crippen MR) is 135 cm³/mol. The van der Waals surface area contributed by atoms with Crippen LogP contribution < -0.4 is 4.80 Å². The standard InChI is InChI=1S/C25H33N3O3S2/c1-6-8-14-28(15-9-7-2)33(30,31)21-12-10-20(11-13-21)24(29)26-25-27(5)23-19(4)16-18(3)17-22(23)32-25/h10-13,16-17H,6-9,14-15H2,1-5H3. The van der Waals surface area contributed by atoms with E-state index in [0.29, 0.717) is 23.5 Å². The highest BCUT2D eigenvalue weighted by molar-refractivity contribution is 7.89. The molecule has 33 heavy (non-hydrogen) atoms. The zero-order valence-corrected chi connectivity index (χ0v) is 21.7. The van der Waals surface area contributed by atoms with E-state index in [9.17, 15) is 13.2 Å². The van der Waals surface area contributed by atoms with Crippen LogP contribution in [0, 0.1) is 13.8 Å². The molecule has 3 rings (SSSR count). The van der Waals surface area contributed by atoms with Crippen molar-refractivity contribution in [3.8, 4) is 0 Å². The van der Waals surface area contributed by atoms with E-state index >= 15 is 0 Å². The van der Waals surface area contributed by atoms with Crippen LogP contribution in [0.1, 0.15) is 61.0 Å². The summed E-state index contributed by atoms with van der Waals surface area (Å²) in [6.07, 6.45) is 3.51. The number of nitrogens with zero attached hydrogens (tertiary/aromatic N) is 3. The average molecular weight is 488 g/mol. The largest absolute Gasteiger partial charge is 0.319 e. The SMILES string of the molecule is CCCCN(CCCC)S(=O)(=O)c1ccc(C(=O)N=c2sc3cc(C)cc(C)c3n2C)cc1. The Balaban J connectivity index is 1.89. The highest BCUT2D eigenvalue weighted by atomic mass is 32.2. The zero-order valence-electron chi connectivity index (χ0n) is 20.1. The normalized spacial score (nSPS) is 12.7. The van der Waals surface area contributed by atoms with Crippen molar-refractivity contribution in [2.24, 2.45) is 12.0 Å². The summed E-state index contributed by atoms with van der Waals surface area (Å²) >= 11 is 1.47. The second-order valence-corrected chi connectivity index (χ2v) is 11.4. The molecule has 0 bridgehead atoms. The molecule has 1 aromatic heterocycles. The number of fused-ring (bicyclic) bond motifs is 1. The van der Waals surface area contributed by atoms with E-state index in [1.807, 2.05) is 25.5 Å². The van der Waals surface area contributed by atoms with Crippen LogP contribution in [0.4, 0.5) is 0 Å². The van der Waals surface area contributed by atoms with Crippen LogP contribution in [0.3, 0.4) is 0 Å². The molecule has 0 unspecified atom stereocenters. The fourth-order valence-electron chi connectivity index (χ4n) is 3.88. The predicted octanol–water partition coefficient (Wildman–Crippen LogP) is 5.19. The maximum Gasteiger partial charge on any atom is 0.279 e. The van der Waals surface area contributed by atoms with Gasteiger partial charge in [-0.2, -0.15) is 9.30 Å². The maximum absolute atomic E-state index is 13.1. The van der Waals surface area contributed by atoms with Crippen molar-refractivity contribution in [2.45, 2.75) is 58.3 Å². The quantitative estimate of drug-likeness (QED) is 0.417. The number of aryl methyl sites for hydroxylation is 3. The molecule has 0 aliphatic heterocycles. The van der Waals surface area contributed by atoms with Crippen LogP contribution in [-0.2, 0) is 17.1 Å². The van der Waals surface area contributed by atoms with Crippen LogP contribution >= 0.6 is 11.3 Å². The Kier molecular flexibility index (Phi) is 8.26. The molecule has 0 aliphatic rings. The van der Waals surface area contributed by atoms with Gasteiger partial charge in [-0.25, -0.2) is 8.42 Å². The summed E-state index contributed by atoms with van der Waals surface area (Å²) < 4.78 is 30.9. The number of amides is 1. The molecule has 0 fully saturated rings. The van der Waals surface area contributed by atoms with E-state index in [-0.39, 0.29) is 10.8 Å². The van der Waals surface area contributed by atoms with Crippen LogP contribution in [0.2, 0.25) is 0 Å². The molecule has 6 nitrogen and oxygen atoms in total. The molecule has 8 heteroatoms. The van der Waals surface area contributed by atoms with Crippen molar-refractivity contribution in [2.75, 3.05) is 13.1 Å². The number of benzene rings is 2. The van der Waals surface area contributed by atoms with Crippen LogP contribution in [0.5, 0.6) is 0 Å². The van der Waals surface area contributed by atoms with E-state index in [2.05, 4.69) is 31.0 Å². The van der Waals surface area contributed by atoms with Crippen LogP contribution in [0.25, 0.3) is 10.2 Å². The van der Waals surface area contributed by atoms with Crippen molar-refractivity contribution >= 4 is 37.5 Å². The van der Waals surface area contributed by atoms with Crippen molar-refractivity contribution < 1.29 is 13.2 Å². The first-order valence-corrected chi connectivity index (χ1v) is 13.7. The number of hydrogen-bond donors (Lipinski definition) is 0. The summed E-state index contributed by atoms with van der Waals surface area (Å²) in [4.78, 5) is 18.0. The van der Waals surface area contributed by atoms with Gasteiger partial charge < -0.3 is 4.57 Å². The number of unbranched alkanes of at least 4 members (excludes halogenated alkanes) is 2. The molecular weight excluding hydrogens is 454 g/mol. The average Bonchev–Trinajstić information content (AvgIpc) is 3.08. The lowest BCUT2D eigenvalue weighted by atomic mass is 10.1. The van der Waals surface area contributed by atoms with Gasteiger partial charge >= 0.3 is 0 Å². The molecule has 0 atom stereocenters. The fraction of sp³-hybridized carbons (Fsp3) is 0.440. The lowest BCUT2D eigenvalue weighted by Gasteiger charge is -2.22. The third-order valence-electron chi connectivity index (χ3n) is 5.69. The topological polar surface area (TPSA) is 71.7 Å². The lowest BCUT2D eigenvalue weighted by molar-refractivity contribution is 0.0998. The number of rotatable bonds is 9. The van der Waals surface area contributed by atoms with Gasteiger partial charge in [-0.05, 0) is 68.1 Å². The highest BCUT2D eigenvalue weighted by Gasteiger charge is 2.23. The third kappa shape index (κ3) is 5.62. The van der Waals surface area contributed by atoms with E-state index < -0.39 is 10.0 Å². The molecule has 0 radical (unpaired) electrons. The summed E-state index contributed by atoms with van der Waals surface area (Å²) in [5.41, 5.74) is 3.75. The van der Waals surface area contributed by atoms with E-state index in [1.165, 1.54) is 29.0 Å². The fourth-order valence-corrected chi connectivity index (χ4v) is 6.59. The Morgan fingerprint density at radius 1 is 1.03 bits per heavy atom. The molecule has 178 valence electrons. The minimum Gasteiger partial charge on any atom is -0.319 e. The minimum atomic E-state index is -3.59. The van der Waals surface area contributed by atoms with Gasteiger partial charge in [-0.3, -0.25) is 4.79 Å². The van der Waals surface area contributed by atoms with Crippen LogP contribution in [0.15, 0.2) is 46.3 Å². The Hall–Kier alpha value is -2.29. The third-order valence-corrected chi connectivity index (χ3v) is 8.68. The van der Waals surface area contributed by atoms with Gasteiger partial charge in [-0.15, -0.1) is 0 Å². The Bertz CT molecular complexity index is 1300. The molecule has 0 N–H and O–H groups in total. The van der Waals surface area contributed by atoms with Gasteiger partial charge in [-0.1, -0.05) is 44.1 Å². The van der Waals surface area contributed by atoms with Crippen molar-refractivity contribution in [1.82, 2.24) is 8.87 Å². The van der Waals surface area contributed by atoms with E-state index in [0.717, 1.165) is 41.5 Å². The Morgan fingerprint density at radius 2 is 1.64 bits per heavy atom. The first-order chi connectivity index (χ1) is 15.7. The van der Waals surface area contributed by atoms with Gasteiger partial charge in [0.2, 0.25) is 10.0 Å². The number of hydrogen-bond acceptors (Lipinski definition) is 4. The monoisotopic (exact) mass is 487 g/mol. The van der Waals surface area contributed by atoms with Crippen molar-refractivity contribution in [3.63, 3.8) is 0 Å². The van der Waals surface area contributed by atoms with Gasteiger partial charge in [0.1, 0.15) is 0 Å². The van der Waals surface area contributed by atoms with Crippen LogP contribution in [-0.4, -0.2) is 36.3 Å². The summed E-state index contributed by atoms with van der Waals surface area (Å²) in [6, 6.07) is 10.4. The molecule has 0 aliphatic carbocycles. The second kappa shape index (κ2) is 10.8. The first-order valence-electron chi connectivity index (χ1n) is 11.4. The van der Waals surface area contributed by atoms with E-state index in [4.69, 9.17) is 0 Å². The van der Waals surface area contributed by atoms with Gasteiger partial charge in [0.05, 0.1) is 15.1 Å². The summed E-state index contributed by atoms with van der Waals surface area (Å²) in [6.45, 7) is 9.22. The summed E-state index contributed by atoms with van der Waals surface area (Å²) in [5, 5.41) is 0. The summed E-state index contributed by atoms with van der Waals surface area (Å²) in [5.74, 6) is -0.385. The molecule has 2 aromatic carbocycles. The molecule has 0 saturated carbocycles. The number of sulfonamides is 1. The molecule has 1 heterocycles. The van der Waals surface area contributed by atoms with Gasteiger partial charge in [0.15, 0.2) is 4.80 Å². The molecule has 1 amide bonds. The van der Waals surface area contributed by atoms with Gasteiger partial charge in [0.25, 0.3) is 5.91 Å². The number of carbonyl (C=O) groups is 1. The molecular formula is C25H33N3O3S2. The Morgan fingerprint density at radius 3 is 2.21 bits per heavy atom. The molecule has 3 aromatic rings. The lowest BCUT2D eigenvalue weighted by Crippen LogP contribution is -2.33. The highest BCUT2D eigenvalue weighted by Crippen LogP contribution is 2.23. The number of carbonyl (C=O) groups excluding carboxylic acids is 1. The second-order valence-electron chi connectivity index (χ2n) is 8.42. The summed E-state index contributed by atoms with van der Waals surface area (Å²) in [7, 11) is -1.68. The van der Waals surface area contributed by atoms with E-state index in [1.54, 1.807) is 16.4 Å². The van der Waals surface area contributed by atoms with Crippen molar-refractivity contribution in [1.29, 1.82) is 0 Å². The first kappa shape index (κ1) is 25.3. The van der Waals surface area contributed by atoms with Crippen molar-refractivity contribution in [3.05, 3.63) is 57.9 Å². The molecule has 0 saturated heterocycles. The Labute approximate surface area is 200 Å². The minimum absolute atomic E-state index is 0.213.